The van der Waals surface area contributed by atoms with Gasteiger partial charge >= 0.3 is 6.18 Å². The fourth-order valence-corrected chi connectivity index (χ4v) is 3.23. The van der Waals surface area contributed by atoms with Crippen LogP contribution in [0, 0.1) is 0 Å². The van der Waals surface area contributed by atoms with Crippen molar-refractivity contribution in [2.45, 2.75) is 19.2 Å². The Morgan fingerprint density at radius 3 is 2.65 bits per heavy atom. The summed E-state index contributed by atoms with van der Waals surface area (Å²) in [5.74, 6) is 0. The number of benzene rings is 2. The van der Waals surface area contributed by atoms with Crippen molar-refractivity contribution in [3.05, 3.63) is 52.5 Å². The van der Waals surface area contributed by atoms with Gasteiger partial charge in [-0.25, -0.2) is 0 Å². The van der Waals surface area contributed by atoms with Gasteiger partial charge in [0.05, 0.1) is 16.3 Å². The van der Waals surface area contributed by atoms with Crippen molar-refractivity contribution >= 4 is 34.7 Å². The van der Waals surface area contributed by atoms with Crippen LogP contribution in [-0.2, 0) is 10.9 Å². The zero-order chi connectivity index (χ0) is 16.8. The minimum Gasteiger partial charge on any atom is -0.463 e. The number of hydrogen-bond acceptors (Lipinski definition) is 2. The number of halogens is 4. The molecule has 0 aliphatic carbocycles. The van der Waals surface area contributed by atoms with Gasteiger partial charge in [-0.3, -0.25) is 0 Å². The van der Waals surface area contributed by atoms with E-state index in [0.717, 1.165) is 12.1 Å². The van der Waals surface area contributed by atoms with E-state index < -0.39 is 11.7 Å². The summed E-state index contributed by atoms with van der Waals surface area (Å²) in [6.45, 7) is 1.79. The summed E-state index contributed by atoms with van der Waals surface area (Å²) in [6.07, 6.45) is -4.78. The minimum absolute atomic E-state index is 0.243. The van der Waals surface area contributed by atoms with E-state index in [0.29, 0.717) is 27.4 Å². The number of rotatable bonds is 1. The Bertz CT molecular complexity index is 791. The third-order valence-electron chi connectivity index (χ3n) is 3.61. The molecule has 1 N–H and O–H groups in total. The Labute approximate surface area is 141 Å². The molecule has 0 saturated carbocycles. The highest BCUT2D eigenvalue weighted by molar-refractivity contribution is 7.80. The summed E-state index contributed by atoms with van der Waals surface area (Å²) in [4.78, 5) is 0. The van der Waals surface area contributed by atoms with Crippen molar-refractivity contribution in [2.75, 3.05) is 5.32 Å². The number of thiocarbonyl (C=S) groups is 1. The maximum atomic E-state index is 12.9. The Balaban J connectivity index is 2.12. The molecule has 0 fully saturated rings. The first-order valence-electron chi connectivity index (χ1n) is 6.75. The van der Waals surface area contributed by atoms with E-state index in [1.165, 1.54) is 6.07 Å². The number of nitrogens with one attached hydrogen (secondary N) is 1. The van der Waals surface area contributed by atoms with E-state index in [1.807, 2.05) is 0 Å². The van der Waals surface area contributed by atoms with Crippen molar-refractivity contribution in [2.24, 2.45) is 0 Å². The second-order valence-electron chi connectivity index (χ2n) is 5.14. The highest BCUT2D eigenvalue weighted by Gasteiger charge is 2.31. The molecule has 0 bridgehead atoms. The van der Waals surface area contributed by atoms with Crippen molar-refractivity contribution < 1.29 is 17.9 Å². The van der Waals surface area contributed by atoms with Gasteiger partial charge in [-0.05, 0) is 42.9 Å². The molecule has 0 radical (unpaired) electrons. The van der Waals surface area contributed by atoms with Gasteiger partial charge in [-0.2, -0.15) is 13.2 Å². The molecule has 0 aromatic heterocycles. The minimum atomic E-state index is -4.40. The smallest absolute Gasteiger partial charge is 0.416 e. The van der Waals surface area contributed by atoms with Crippen LogP contribution in [0.4, 0.5) is 18.9 Å². The first kappa shape index (κ1) is 16.1. The maximum Gasteiger partial charge on any atom is 0.416 e. The van der Waals surface area contributed by atoms with Crippen LogP contribution in [0.5, 0.6) is 0 Å². The molecule has 1 heterocycles. The topological polar surface area (TPSA) is 21.3 Å². The van der Waals surface area contributed by atoms with Gasteiger partial charge in [0.15, 0.2) is 0 Å². The number of hydrogen-bond donors (Lipinski definition) is 1. The highest BCUT2D eigenvalue weighted by atomic mass is 35.5. The molecule has 2 aromatic rings. The zero-order valence-electron chi connectivity index (χ0n) is 11.9. The predicted molar refractivity (Wildman–Crippen MR) is 87.6 cm³/mol. The van der Waals surface area contributed by atoms with Crippen molar-refractivity contribution in [3.8, 4) is 11.1 Å². The van der Waals surface area contributed by atoms with Crippen LogP contribution >= 0.6 is 23.8 Å². The monoisotopic (exact) mass is 357 g/mol. The third-order valence-corrected chi connectivity index (χ3v) is 4.21. The molecule has 0 spiro atoms. The number of ether oxygens (including phenoxy) is 1. The van der Waals surface area contributed by atoms with Crippen LogP contribution in [-0.4, -0.2) is 5.17 Å². The van der Waals surface area contributed by atoms with Gasteiger partial charge in [-0.15, -0.1) is 0 Å². The lowest BCUT2D eigenvalue weighted by atomic mass is 9.97. The van der Waals surface area contributed by atoms with E-state index >= 15 is 0 Å². The number of alkyl halides is 3. The van der Waals surface area contributed by atoms with Crippen LogP contribution in [0.3, 0.4) is 0 Å². The third kappa shape index (κ3) is 3.01. The average Bonchev–Trinajstić information content (AvgIpc) is 2.46. The zero-order valence-corrected chi connectivity index (χ0v) is 13.4. The predicted octanol–water partition coefficient (Wildman–Crippen LogP) is 5.81. The number of fused-ring (bicyclic) bond motifs is 1. The molecule has 7 heteroatoms. The van der Waals surface area contributed by atoms with E-state index in [4.69, 9.17) is 28.6 Å². The second kappa shape index (κ2) is 5.69. The van der Waals surface area contributed by atoms with Crippen molar-refractivity contribution in [1.29, 1.82) is 0 Å². The lowest BCUT2D eigenvalue weighted by Crippen LogP contribution is -2.23. The molecule has 1 aliphatic heterocycles. The normalized spacial score (nSPS) is 17.3. The van der Waals surface area contributed by atoms with E-state index in [1.54, 1.807) is 25.1 Å². The molecule has 3 rings (SSSR count). The van der Waals surface area contributed by atoms with Gasteiger partial charge in [0.25, 0.3) is 5.17 Å². The van der Waals surface area contributed by atoms with Gasteiger partial charge in [0.2, 0.25) is 0 Å². The first-order chi connectivity index (χ1) is 10.8. The lowest BCUT2D eigenvalue weighted by Gasteiger charge is -2.27. The Hall–Kier alpha value is -1.79. The molecular formula is C16H11ClF3NOS. The summed E-state index contributed by atoms with van der Waals surface area (Å²) in [6, 6.07) is 8.48. The van der Waals surface area contributed by atoms with Crippen LogP contribution in [0.15, 0.2) is 36.4 Å². The summed E-state index contributed by atoms with van der Waals surface area (Å²) in [5.41, 5.74) is 1.58. The van der Waals surface area contributed by atoms with Gasteiger partial charge in [0.1, 0.15) is 6.10 Å². The molecule has 23 heavy (non-hydrogen) atoms. The molecule has 1 atom stereocenters. The summed E-state index contributed by atoms with van der Waals surface area (Å²) < 4.78 is 44.1. The largest absolute Gasteiger partial charge is 0.463 e. The Morgan fingerprint density at radius 2 is 1.96 bits per heavy atom. The van der Waals surface area contributed by atoms with Crippen LogP contribution in [0.1, 0.15) is 24.2 Å². The highest BCUT2D eigenvalue weighted by Crippen LogP contribution is 2.42. The lowest BCUT2D eigenvalue weighted by molar-refractivity contribution is -0.137. The second-order valence-corrected chi connectivity index (χ2v) is 5.89. The van der Waals surface area contributed by atoms with Crippen molar-refractivity contribution in [1.82, 2.24) is 0 Å². The Morgan fingerprint density at radius 1 is 1.22 bits per heavy atom. The molecule has 0 saturated heterocycles. The fourth-order valence-electron chi connectivity index (χ4n) is 2.54. The van der Waals surface area contributed by atoms with Crippen molar-refractivity contribution in [3.63, 3.8) is 0 Å². The Kier molecular flexibility index (Phi) is 3.98. The standard InChI is InChI=1S/C16H11ClF3NOS/c1-8-13-12(21-15(23)22-8)6-5-11(14(13)17)9-3-2-4-10(7-9)16(18,19)20/h2-8H,1H3,(H,21,23). The number of anilines is 1. The maximum absolute atomic E-state index is 12.9. The quantitative estimate of drug-likeness (QED) is 0.650. The van der Waals surface area contributed by atoms with E-state index in [2.05, 4.69) is 5.32 Å². The van der Waals surface area contributed by atoms with Gasteiger partial charge in [0, 0.05) is 11.1 Å². The molecule has 1 unspecified atom stereocenters. The molecule has 1 aliphatic rings. The summed E-state index contributed by atoms with van der Waals surface area (Å²) in [5, 5.41) is 3.48. The van der Waals surface area contributed by atoms with E-state index in [-0.39, 0.29) is 11.3 Å². The van der Waals surface area contributed by atoms with Gasteiger partial charge < -0.3 is 10.1 Å². The molecule has 2 aromatic carbocycles. The van der Waals surface area contributed by atoms with Crippen LogP contribution in [0.2, 0.25) is 5.02 Å². The average molecular weight is 358 g/mol. The summed E-state index contributed by atoms with van der Waals surface area (Å²) in [7, 11) is 0. The molecule has 0 amide bonds. The van der Waals surface area contributed by atoms with Crippen LogP contribution in [0.25, 0.3) is 11.1 Å². The van der Waals surface area contributed by atoms with E-state index in [9.17, 15) is 13.2 Å². The molecular weight excluding hydrogens is 347 g/mol. The SMILES string of the molecule is CC1OC(=S)Nc2ccc(-c3cccc(C(F)(F)F)c3)c(Cl)c21. The first-order valence-corrected chi connectivity index (χ1v) is 7.53. The van der Waals surface area contributed by atoms with Crippen LogP contribution < -0.4 is 5.32 Å². The van der Waals surface area contributed by atoms with Gasteiger partial charge in [-0.1, -0.05) is 29.8 Å². The molecule has 2 nitrogen and oxygen atoms in total. The fraction of sp³-hybridized carbons (Fsp3) is 0.188. The molecule has 120 valence electrons. The summed E-state index contributed by atoms with van der Waals surface area (Å²) >= 11 is 11.4.